The molecule has 82 valence electrons. The molecule has 15 heavy (non-hydrogen) atoms. The van der Waals surface area contributed by atoms with E-state index in [1.807, 2.05) is 6.07 Å². The number of hydrogen-bond acceptors (Lipinski definition) is 6. The van der Waals surface area contributed by atoms with Crippen molar-refractivity contribution < 1.29 is 4.74 Å². The van der Waals surface area contributed by atoms with Crippen molar-refractivity contribution in [1.82, 2.24) is 9.97 Å². The first-order valence-corrected chi connectivity index (χ1v) is 5.00. The topological polar surface area (TPSA) is 85.1 Å². The van der Waals surface area contributed by atoms with E-state index >= 15 is 0 Å². The summed E-state index contributed by atoms with van der Waals surface area (Å²) in [5.41, 5.74) is 2.41. The first-order valence-electron chi connectivity index (χ1n) is 5.00. The molecule has 2 rings (SSSR count). The number of rotatable bonds is 4. The van der Waals surface area contributed by atoms with Gasteiger partial charge in [-0.05, 0) is 12.5 Å². The third kappa shape index (κ3) is 2.77. The number of ether oxygens (including phenoxy) is 1. The van der Waals surface area contributed by atoms with Crippen LogP contribution in [0.15, 0.2) is 12.3 Å². The average Bonchev–Trinajstić information content (AvgIpc) is 2.79. The van der Waals surface area contributed by atoms with Crippen LogP contribution in [0, 0.1) is 5.92 Å². The second kappa shape index (κ2) is 4.90. The van der Waals surface area contributed by atoms with E-state index in [0.717, 1.165) is 32.0 Å². The van der Waals surface area contributed by atoms with Gasteiger partial charge in [0.1, 0.15) is 5.82 Å². The Morgan fingerprint density at radius 3 is 3.27 bits per heavy atom. The minimum atomic E-state index is 0.419. The average molecular weight is 209 g/mol. The number of nitrogens with one attached hydrogen (secondary N) is 2. The second-order valence-corrected chi connectivity index (χ2v) is 3.52. The van der Waals surface area contributed by atoms with Gasteiger partial charge < -0.3 is 10.1 Å². The third-order valence-electron chi connectivity index (χ3n) is 2.38. The van der Waals surface area contributed by atoms with Crippen LogP contribution in [0.4, 0.5) is 11.8 Å². The molecule has 0 bridgehead atoms. The highest BCUT2D eigenvalue weighted by Crippen LogP contribution is 2.13. The molecule has 1 aliphatic heterocycles. The fourth-order valence-corrected chi connectivity index (χ4v) is 1.52. The molecule has 6 nitrogen and oxygen atoms in total. The largest absolute Gasteiger partial charge is 0.381 e. The Morgan fingerprint density at radius 1 is 1.60 bits per heavy atom. The molecule has 4 N–H and O–H groups in total. The molecule has 1 fully saturated rings. The van der Waals surface area contributed by atoms with Crippen LogP contribution in [0.3, 0.4) is 0 Å². The smallest absolute Gasteiger partial charge is 0.239 e. The fraction of sp³-hybridized carbons (Fsp3) is 0.556. The molecule has 1 saturated heterocycles. The Kier molecular flexibility index (Phi) is 3.31. The quantitative estimate of drug-likeness (QED) is 0.485. The van der Waals surface area contributed by atoms with Crippen molar-refractivity contribution in [2.45, 2.75) is 6.42 Å². The van der Waals surface area contributed by atoms with Gasteiger partial charge >= 0.3 is 0 Å². The van der Waals surface area contributed by atoms with Crippen molar-refractivity contribution in [2.24, 2.45) is 11.8 Å². The van der Waals surface area contributed by atoms with Crippen LogP contribution in [0.2, 0.25) is 0 Å². The van der Waals surface area contributed by atoms with Crippen molar-refractivity contribution in [3.05, 3.63) is 12.3 Å². The standard InChI is InChI=1S/C9H15N5O/c10-14-9-11-3-1-8(13-9)12-5-7-2-4-15-6-7/h1,3,7H,2,4-6,10H2,(H2,11,12,13,14). The predicted molar refractivity (Wildman–Crippen MR) is 57.3 cm³/mol. The maximum absolute atomic E-state index is 5.29. The fourth-order valence-electron chi connectivity index (χ4n) is 1.52. The lowest BCUT2D eigenvalue weighted by Gasteiger charge is -2.10. The second-order valence-electron chi connectivity index (χ2n) is 3.52. The monoisotopic (exact) mass is 209 g/mol. The van der Waals surface area contributed by atoms with E-state index in [1.54, 1.807) is 6.20 Å². The molecule has 1 unspecified atom stereocenters. The van der Waals surface area contributed by atoms with Gasteiger partial charge in [0, 0.05) is 25.3 Å². The van der Waals surface area contributed by atoms with E-state index in [2.05, 4.69) is 20.7 Å². The highest BCUT2D eigenvalue weighted by atomic mass is 16.5. The van der Waals surface area contributed by atoms with E-state index in [0.29, 0.717) is 11.9 Å². The van der Waals surface area contributed by atoms with Gasteiger partial charge in [-0.1, -0.05) is 0 Å². The summed E-state index contributed by atoms with van der Waals surface area (Å²) in [5.74, 6) is 6.99. The summed E-state index contributed by atoms with van der Waals surface area (Å²) in [7, 11) is 0. The molecule has 6 heteroatoms. The minimum absolute atomic E-state index is 0.419. The van der Waals surface area contributed by atoms with Crippen LogP contribution < -0.4 is 16.6 Å². The van der Waals surface area contributed by atoms with Gasteiger partial charge in [0.25, 0.3) is 0 Å². The summed E-state index contributed by atoms with van der Waals surface area (Å²) < 4.78 is 5.29. The summed E-state index contributed by atoms with van der Waals surface area (Å²) >= 11 is 0. The van der Waals surface area contributed by atoms with Crippen molar-refractivity contribution in [3.8, 4) is 0 Å². The molecule has 0 amide bonds. The van der Waals surface area contributed by atoms with Gasteiger partial charge in [0.15, 0.2) is 0 Å². The van der Waals surface area contributed by atoms with Crippen LogP contribution in [0.1, 0.15) is 6.42 Å². The summed E-state index contributed by atoms with van der Waals surface area (Å²) in [5, 5.41) is 3.23. The van der Waals surface area contributed by atoms with Crippen molar-refractivity contribution >= 4 is 11.8 Å². The van der Waals surface area contributed by atoms with E-state index in [-0.39, 0.29) is 0 Å². The van der Waals surface area contributed by atoms with Crippen molar-refractivity contribution in [2.75, 3.05) is 30.5 Å². The van der Waals surface area contributed by atoms with Gasteiger partial charge in [0.05, 0.1) is 6.61 Å². The molecule has 0 spiro atoms. The summed E-state index contributed by atoms with van der Waals surface area (Å²) in [6, 6.07) is 1.82. The van der Waals surface area contributed by atoms with Gasteiger partial charge in [-0.2, -0.15) is 4.98 Å². The molecule has 0 aliphatic carbocycles. The number of aromatic nitrogens is 2. The SMILES string of the molecule is NNc1nccc(NCC2CCOC2)n1. The first kappa shape index (κ1) is 10.1. The number of nitrogens with zero attached hydrogens (tertiary/aromatic N) is 2. The molecule has 0 saturated carbocycles. The van der Waals surface area contributed by atoms with Crippen molar-refractivity contribution in [3.63, 3.8) is 0 Å². The van der Waals surface area contributed by atoms with E-state index in [1.165, 1.54) is 0 Å². The maximum atomic E-state index is 5.29. The van der Waals surface area contributed by atoms with Crippen molar-refractivity contribution in [1.29, 1.82) is 0 Å². The van der Waals surface area contributed by atoms with Gasteiger partial charge in [-0.3, -0.25) is 5.43 Å². The highest BCUT2D eigenvalue weighted by Gasteiger charge is 2.15. The van der Waals surface area contributed by atoms with Crippen LogP contribution in [-0.4, -0.2) is 29.7 Å². The Morgan fingerprint density at radius 2 is 2.53 bits per heavy atom. The minimum Gasteiger partial charge on any atom is -0.381 e. The molecule has 1 atom stereocenters. The van der Waals surface area contributed by atoms with Crippen LogP contribution in [0.25, 0.3) is 0 Å². The Bertz CT molecular complexity index is 313. The van der Waals surface area contributed by atoms with Gasteiger partial charge in [0.2, 0.25) is 5.95 Å². The number of anilines is 2. The zero-order valence-corrected chi connectivity index (χ0v) is 8.44. The number of hydrazine groups is 1. The highest BCUT2D eigenvalue weighted by molar-refractivity contribution is 5.38. The lowest BCUT2D eigenvalue weighted by Crippen LogP contribution is -2.16. The van der Waals surface area contributed by atoms with Crippen LogP contribution in [0.5, 0.6) is 0 Å². The van der Waals surface area contributed by atoms with E-state index in [4.69, 9.17) is 10.6 Å². The Balaban J connectivity index is 1.86. The molecule has 1 aliphatic rings. The maximum Gasteiger partial charge on any atom is 0.239 e. The Labute approximate surface area is 88.2 Å². The first-order chi connectivity index (χ1) is 7.38. The molecule has 2 heterocycles. The normalized spacial score (nSPS) is 20.2. The Hall–Kier alpha value is -1.40. The molecule has 0 aromatic carbocycles. The van der Waals surface area contributed by atoms with E-state index in [9.17, 15) is 0 Å². The molecular formula is C9H15N5O. The number of nitrogens with two attached hydrogens (primary N) is 1. The van der Waals surface area contributed by atoms with E-state index < -0.39 is 0 Å². The summed E-state index contributed by atoms with van der Waals surface area (Å²) in [6.07, 6.45) is 2.77. The molecule has 0 radical (unpaired) electrons. The van der Waals surface area contributed by atoms with Gasteiger partial charge in [-0.25, -0.2) is 10.8 Å². The van der Waals surface area contributed by atoms with Crippen LogP contribution in [-0.2, 0) is 4.74 Å². The molecular weight excluding hydrogens is 194 g/mol. The van der Waals surface area contributed by atoms with Gasteiger partial charge in [-0.15, -0.1) is 0 Å². The predicted octanol–water partition coefficient (Wildman–Crippen LogP) is 0.211. The lowest BCUT2D eigenvalue weighted by atomic mass is 10.1. The van der Waals surface area contributed by atoms with Crippen LogP contribution >= 0.6 is 0 Å². The third-order valence-corrected chi connectivity index (χ3v) is 2.38. The lowest BCUT2D eigenvalue weighted by molar-refractivity contribution is 0.187. The molecule has 1 aromatic heterocycles. The number of nitrogen functional groups attached to an aromatic ring is 1. The number of hydrogen-bond donors (Lipinski definition) is 3. The summed E-state index contributed by atoms with van der Waals surface area (Å²) in [4.78, 5) is 8.08. The summed E-state index contributed by atoms with van der Waals surface area (Å²) in [6.45, 7) is 2.58. The zero-order chi connectivity index (χ0) is 10.5. The zero-order valence-electron chi connectivity index (χ0n) is 8.44. The molecule has 1 aromatic rings.